The van der Waals surface area contributed by atoms with Gasteiger partial charge in [0.15, 0.2) is 0 Å². The van der Waals surface area contributed by atoms with Gasteiger partial charge in [-0.1, -0.05) is 0 Å². The molecule has 1 rings (SSSR count). The van der Waals surface area contributed by atoms with Crippen LogP contribution in [0.2, 0.25) is 0 Å². The van der Waals surface area contributed by atoms with Crippen molar-refractivity contribution in [3.8, 4) is 0 Å². The number of hydrogen-bond donors (Lipinski definition) is 2. The van der Waals surface area contributed by atoms with Gasteiger partial charge in [0.1, 0.15) is 0 Å². The molecule has 0 radical (unpaired) electrons. The average molecular weight is 231 g/mol. The summed E-state index contributed by atoms with van der Waals surface area (Å²) in [6.07, 6.45) is 0. The molecule has 0 fully saturated rings. The van der Waals surface area contributed by atoms with Crippen molar-refractivity contribution >= 4 is 23.3 Å². The summed E-state index contributed by atoms with van der Waals surface area (Å²) in [5, 5.41) is 14.3. The van der Waals surface area contributed by atoms with E-state index in [1.807, 2.05) is 0 Å². The summed E-state index contributed by atoms with van der Waals surface area (Å²) in [4.78, 5) is 29.2. The zero-order valence-electron chi connectivity index (χ0n) is 7.78. The number of carbonyl (C=O) groups excluding carboxylic acids is 1. The molecule has 0 aliphatic carbocycles. The van der Waals surface area contributed by atoms with Crippen molar-refractivity contribution in [2.45, 2.75) is 0 Å². The first-order valence-electron chi connectivity index (χ1n) is 3.61. The van der Waals surface area contributed by atoms with Gasteiger partial charge in [-0.05, 0) is 11.4 Å². The van der Waals surface area contributed by atoms with Crippen molar-refractivity contribution in [2.24, 2.45) is 11.0 Å². The lowest BCUT2D eigenvalue weighted by molar-refractivity contribution is 0.0697. The molecule has 1 heterocycles. The van der Waals surface area contributed by atoms with Gasteiger partial charge in [0.25, 0.3) is 0 Å². The Bertz CT molecular complexity index is 338. The number of aromatic carboxylic acids is 1. The molecular formula is C7H9N3O4S. The molecule has 3 N–H and O–H groups in total. The molecule has 0 saturated heterocycles. The number of nitrogens with two attached hydrogens (primary N) is 1. The molecule has 0 saturated carbocycles. The standard InChI is InChI=1S/C5H4O2S.C2H5N3O2/c6-5(7)4-1-2-8-3-4;1-5(4-7)2(3)6/h1-3H,(H,6,7);1H3,(H2,3,6). The molecule has 82 valence electrons. The molecule has 0 aliphatic heterocycles. The van der Waals surface area contributed by atoms with Crippen LogP contribution >= 0.6 is 11.3 Å². The van der Waals surface area contributed by atoms with E-state index in [0.29, 0.717) is 10.6 Å². The highest BCUT2D eigenvalue weighted by molar-refractivity contribution is 7.08. The third-order valence-electron chi connectivity index (χ3n) is 1.21. The Labute approximate surface area is 89.1 Å². The van der Waals surface area contributed by atoms with Crippen LogP contribution in [0.3, 0.4) is 0 Å². The van der Waals surface area contributed by atoms with Crippen molar-refractivity contribution in [1.82, 2.24) is 5.01 Å². The van der Waals surface area contributed by atoms with Gasteiger partial charge in [0, 0.05) is 12.4 Å². The first-order chi connectivity index (χ1) is 6.99. The first-order valence-corrected chi connectivity index (χ1v) is 4.55. The lowest BCUT2D eigenvalue weighted by atomic mass is 10.4. The molecule has 0 bridgehead atoms. The van der Waals surface area contributed by atoms with Crippen LogP contribution < -0.4 is 5.73 Å². The van der Waals surface area contributed by atoms with E-state index in [0.717, 1.165) is 0 Å². The monoisotopic (exact) mass is 231 g/mol. The van der Waals surface area contributed by atoms with Crippen LogP contribution in [-0.4, -0.2) is 29.2 Å². The fourth-order valence-corrected chi connectivity index (χ4v) is 1.06. The van der Waals surface area contributed by atoms with E-state index >= 15 is 0 Å². The number of amides is 2. The Kier molecular flexibility index (Phi) is 5.64. The maximum atomic E-state index is 10.1. The number of nitrogens with zero attached hydrogens (tertiary/aromatic N) is 2. The number of carbonyl (C=O) groups is 2. The summed E-state index contributed by atoms with van der Waals surface area (Å²) < 4.78 is 0. The summed E-state index contributed by atoms with van der Waals surface area (Å²) in [5.74, 6) is -0.855. The van der Waals surface area contributed by atoms with Crippen molar-refractivity contribution in [3.63, 3.8) is 0 Å². The van der Waals surface area contributed by atoms with E-state index in [4.69, 9.17) is 5.11 Å². The van der Waals surface area contributed by atoms with Crippen molar-refractivity contribution in [3.05, 3.63) is 27.3 Å². The molecule has 8 heteroatoms. The Morgan fingerprint density at radius 3 is 2.33 bits per heavy atom. The van der Waals surface area contributed by atoms with Crippen LogP contribution in [0.25, 0.3) is 0 Å². The summed E-state index contributed by atoms with van der Waals surface area (Å²) in [6, 6.07) is 0.725. The maximum absolute atomic E-state index is 10.1. The molecular weight excluding hydrogens is 222 g/mol. The van der Waals surface area contributed by atoms with Crippen molar-refractivity contribution in [2.75, 3.05) is 7.05 Å². The normalized spacial score (nSPS) is 8.33. The minimum Gasteiger partial charge on any atom is -0.478 e. The largest absolute Gasteiger partial charge is 0.478 e. The van der Waals surface area contributed by atoms with Gasteiger partial charge in [-0.25, -0.2) is 9.59 Å². The predicted octanol–water partition coefficient (Wildman–Crippen LogP) is 1.12. The maximum Gasteiger partial charge on any atom is 0.337 e. The minimum absolute atomic E-state index is 0.370. The number of carboxylic acids is 1. The summed E-state index contributed by atoms with van der Waals surface area (Å²) in [6.45, 7) is 0. The fourth-order valence-electron chi connectivity index (χ4n) is 0.426. The Morgan fingerprint density at radius 1 is 1.60 bits per heavy atom. The van der Waals surface area contributed by atoms with Gasteiger partial charge in [0.2, 0.25) is 0 Å². The second kappa shape index (κ2) is 6.49. The van der Waals surface area contributed by atoms with Crippen molar-refractivity contribution in [1.29, 1.82) is 0 Å². The molecule has 1 aromatic heterocycles. The number of carboxylic acid groups (broad SMARTS) is 1. The van der Waals surface area contributed by atoms with Gasteiger partial charge in [-0.2, -0.15) is 16.3 Å². The number of thiophene rings is 1. The van der Waals surface area contributed by atoms with E-state index in [2.05, 4.69) is 11.0 Å². The van der Waals surface area contributed by atoms with Gasteiger partial charge in [0.05, 0.1) is 10.8 Å². The number of hydrogen-bond acceptors (Lipinski definition) is 5. The highest BCUT2D eigenvalue weighted by Gasteiger charge is 1.98. The number of rotatable bonds is 2. The highest BCUT2D eigenvalue weighted by atomic mass is 32.1. The molecule has 0 aliphatic rings. The summed E-state index contributed by atoms with van der Waals surface area (Å²) >= 11 is 1.39. The van der Waals surface area contributed by atoms with Crippen LogP contribution in [0.4, 0.5) is 4.79 Å². The average Bonchev–Trinajstić information content (AvgIpc) is 2.70. The Balaban J connectivity index is 0.000000265. The molecule has 0 aromatic carbocycles. The molecule has 0 spiro atoms. The third-order valence-corrected chi connectivity index (χ3v) is 1.89. The lowest BCUT2D eigenvalue weighted by Crippen LogP contribution is -2.26. The van der Waals surface area contributed by atoms with Crippen LogP contribution in [0.15, 0.2) is 22.1 Å². The van der Waals surface area contributed by atoms with E-state index < -0.39 is 12.0 Å². The second-order valence-corrected chi connectivity index (χ2v) is 3.04. The zero-order chi connectivity index (χ0) is 11.8. The smallest absolute Gasteiger partial charge is 0.337 e. The fraction of sp³-hybridized carbons (Fsp3) is 0.143. The molecule has 7 nitrogen and oxygen atoms in total. The van der Waals surface area contributed by atoms with E-state index in [9.17, 15) is 14.5 Å². The van der Waals surface area contributed by atoms with E-state index in [-0.39, 0.29) is 0 Å². The lowest BCUT2D eigenvalue weighted by Gasteiger charge is -1.97. The SMILES string of the molecule is CN(N=O)C(N)=O.O=C(O)c1ccsc1. The predicted molar refractivity (Wildman–Crippen MR) is 54.4 cm³/mol. The third kappa shape index (κ3) is 5.37. The molecule has 0 atom stereocenters. The topological polar surface area (TPSA) is 113 Å². The summed E-state index contributed by atoms with van der Waals surface area (Å²) in [5.41, 5.74) is 4.91. The molecule has 2 amide bonds. The van der Waals surface area contributed by atoms with Crippen LogP contribution in [0, 0.1) is 4.91 Å². The van der Waals surface area contributed by atoms with E-state index in [1.54, 1.807) is 16.8 Å². The Hall–Kier alpha value is -1.96. The van der Waals surface area contributed by atoms with Crippen molar-refractivity contribution < 1.29 is 14.7 Å². The van der Waals surface area contributed by atoms with Gasteiger partial charge >= 0.3 is 12.0 Å². The number of primary amides is 1. The van der Waals surface area contributed by atoms with Crippen LogP contribution in [0.5, 0.6) is 0 Å². The number of nitroso groups, excluding NO2 is 1. The summed E-state index contributed by atoms with van der Waals surface area (Å²) in [7, 11) is 1.18. The quantitative estimate of drug-likeness (QED) is 0.586. The van der Waals surface area contributed by atoms with Gasteiger partial charge < -0.3 is 10.8 Å². The highest BCUT2D eigenvalue weighted by Crippen LogP contribution is 2.04. The van der Waals surface area contributed by atoms with Gasteiger partial charge in [-0.3, -0.25) is 0 Å². The van der Waals surface area contributed by atoms with Crippen LogP contribution in [0.1, 0.15) is 10.4 Å². The molecule has 0 unspecified atom stereocenters. The molecule has 15 heavy (non-hydrogen) atoms. The molecule has 1 aromatic rings. The number of urea groups is 1. The van der Waals surface area contributed by atoms with E-state index in [1.165, 1.54) is 18.4 Å². The van der Waals surface area contributed by atoms with Gasteiger partial charge in [-0.15, -0.1) is 4.91 Å². The Morgan fingerprint density at radius 2 is 2.20 bits per heavy atom. The first kappa shape index (κ1) is 13.0. The van der Waals surface area contributed by atoms with Crippen LogP contribution in [-0.2, 0) is 0 Å². The second-order valence-electron chi connectivity index (χ2n) is 2.26. The zero-order valence-corrected chi connectivity index (χ0v) is 8.60. The minimum atomic E-state index is -0.855.